The van der Waals surface area contributed by atoms with E-state index in [0.29, 0.717) is 0 Å². The molecule has 1 atom stereocenters. The molecule has 0 aromatic rings. The molecule has 1 heterocycles. The van der Waals surface area contributed by atoms with Gasteiger partial charge in [0.05, 0.1) is 11.3 Å². The molecule has 0 radical (unpaired) electrons. The molecule has 62 valence electrons. The Morgan fingerprint density at radius 3 is 2.82 bits per heavy atom. The van der Waals surface area contributed by atoms with Gasteiger partial charge in [0.15, 0.2) is 0 Å². The molecule has 0 spiro atoms. The molecule has 1 rings (SSSR count). The van der Waals surface area contributed by atoms with Crippen molar-refractivity contribution in [1.29, 1.82) is 5.26 Å². The molecule has 3 heteroatoms. The van der Waals surface area contributed by atoms with Crippen LogP contribution in [0, 0.1) is 17.2 Å². The van der Waals surface area contributed by atoms with Crippen LogP contribution in [0.15, 0.2) is 0 Å². The zero-order valence-electron chi connectivity index (χ0n) is 6.84. The smallest absolute Gasteiger partial charge is 0.0914 e. The van der Waals surface area contributed by atoms with Crippen LogP contribution in [0.1, 0.15) is 13.3 Å². The summed E-state index contributed by atoms with van der Waals surface area (Å²) < 4.78 is 0. The molecule has 0 aromatic carbocycles. The average molecular weight is 170 g/mol. The van der Waals surface area contributed by atoms with Gasteiger partial charge in [0.25, 0.3) is 0 Å². The van der Waals surface area contributed by atoms with Gasteiger partial charge in [0.1, 0.15) is 0 Å². The van der Waals surface area contributed by atoms with Crippen LogP contribution in [0.5, 0.6) is 0 Å². The van der Waals surface area contributed by atoms with E-state index in [-0.39, 0.29) is 5.25 Å². The van der Waals surface area contributed by atoms with Gasteiger partial charge in [0, 0.05) is 0 Å². The first-order valence-corrected chi connectivity index (χ1v) is 5.13. The molecule has 11 heavy (non-hydrogen) atoms. The molecule has 0 saturated carbocycles. The second-order valence-corrected chi connectivity index (χ2v) is 4.12. The summed E-state index contributed by atoms with van der Waals surface area (Å²) in [6.07, 6.45) is 0.974. The third-order valence-electron chi connectivity index (χ3n) is 1.91. The molecular formula is C8H14N2S. The maximum Gasteiger partial charge on any atom is 0.0914 e. The fraction of sp³-hybridized carbons (Fsp3) is 0.875. The minimum absolute atomic E-state index is 0.218. The quantitative estimate of drug-likeness (QED) is 0.689. The van der Waals surface area contributed by atoms with Gasteiger partial charge in [-0.1, -0.05) is 6.92 Å². The SMILES string of the molecule is CCC(C#N)SCC1CNC1. The molecule has 0 aliphatic carbocycles. The van der Waals surface area contributed by atoms with Crippen LogP contribution >= 0.6 is 11.8 Å². The Morgan fingerprint density at radius 1 is 1.73 bits per heavy atom. The minimum atomic E-state index is 0.218. The molecule has 2 nitrogen and oxygen atoms in total. The second-order valence-electron chi connectivity index (χ2n) is 2.88. The molecule has 0 aromatic heterocycles. The molecule has 1 unspecified atom stereocenters. The minimum Gasteiger partial charge on any atom is -0.316 e. The summed E-state index contributed by atoms with van der Waals surface area (Å²) in [5.41, 5.74) is 0. The van der Waals surface area contributed by atoms with E-state index in [4.69, 9.17) is 5.26 Å². The fourth-order valence-corrected chi connectivity index (χ4v) is 2.02. The molecule has 0 bridgehead atoms. The average Bonchev–Trinajstić information content (AvgIpc) is 1.95. The van der Waals surface area contributed by atoms with Crippen LogP contribution in [-0.4, -0.2) is 24.1 Å². The number of nitriles is 1. The number of rotatable bonds is 4. The summed E-state index contributed by atoms with van der Waals surface area (Å²) in [7, 11) is 0. The lowest BCUT2D eigenvalue weighted by molar-refractivity contribution is 0.385. The lowest BCUT2D eigenvalue weighted by atomic mass is 10.1. The first kappa shape index (κ1) is 8.89. The van der Waals surface area contributed by atoms with Crippen LogP contribution in [0.25, 0.3) is 0 Å². The van der Waals surface area contributed by atoms with Gasteiger partial charge in [-0.25, -0.2) is 0 Å². The number of hydrogen-bond donors (Lipinski definition) is 1. The van der Waals surface area contributed by atoms with E-state index < -0.39 is 0 Å². The van der Waals surface area contributed by atoms with Gasteiger partial charge < -0.3 is 5.32 Å². The van der Waals surface area contributed by atoms with Crippen molar-refractivity contribution in [3.05, 3.63) is 0 Å². The van der Waals surface area contributed by atoms with Crippen molar-refractivity contribution >= 4 is 11.8 Å². The Hall–Kier alpha value is -0.200. The van der Waals surface area contributed by atoms with Crippen molar-refractivity contribution in [2.45, 2.75) is 18.6 Å². The van der Waals surface area contributed by atoms with Crippen molar-refractivity contribution in [3.63, 3.8) is 0 Å². The number of nitrogens with one attached hydrogen (secondary N) is 1. The summed E-state index contributed by atoms with van der Waals surface area (Å²) in [4.78, 5) is 0. The summed E-state index contributed by atoms with van der Waals surface area (Å²) >= 11 is 1.80. The molecule has 1 aliphatic heterocycles. The van der Waals surface area contributed by atoms with Gasteiger partial charge in [0.2, 0.25) is 0 Å². The molecule has 1 saturated heterocycles. The van der Waals surface area contributed by atoms with Gasteiger partial charge in [-0.3, -0.25) is 0 Å². The Kier molecular flexibility index (Phi) is 3.74. The van der Waals surface area contributed by atoms with Crippen molar-refractivity contribution in [2.75, 3.05) is 18.8 Å². The second kappa shape index (κ2) is 4.63. The first-order chi connectivity index (χ1) is 5.36. The molecular weight excluding hydrogens is 156 g/mol. The van der Waals surface area contributed by atoms with Crippen molar-refractivity contribution in [3.8, 4) is 6.07 Å². The van der Waals surface area contributed by atoms with E-state index in [1.54, 1.807) is 11.8 Å². The van der Waals surface area contributed by atoms with E-state index in [1.807, 2.05) is 0 Å². The maximum atomic E-state index is 8.64. The third kappa shape index (κ3) is 2.72. The molecule has 1 N–H and O–H groups in total. The Morgan fingerprint density at radius 2 is 2.45 bits per heavy atom. The highest BCUT2D eigenvalue weighted by Gasteiger charge is 2.18. The summed E-state index contributed by atoms with van der Waals surface area (Å²) in [5.74, 6) is 1.97. The Balaban J connectivity index is 2.05. The summed E-state index contributed by atoms with van der Waals surface area (Å²) in [5, 5.41) is 12.1. The molecule has 0 amide bonds. The van der Waals surface area contributed by atoms with Crippen molar-refractivity contribution in [2.24, 2.45) is 5.92 Å². The Bertz CT molecular complexity index is 149. The van der Waals surface area contributed by atoms with E-state index in [9.17, 15) is 0 Å². The largest absolute Gasteiger partial charge is 0.316 e. The van der Waals surface area contributed by atoms with Crippen LogP contribution in [-0.2, 0) is 0 Å². The lowest BCUT2D eigenvalue weighted by Crippen LogP contribution is -2.43. The van der Waals surface area contributed by atoms with E-state index in [2.05, 4.69) is 18.3 Å². The highest BCUT2D eigenvalue weighted by Crippen LogP contribution is 2.18. The van der Waals surface area contributed by atoms with E-state index >= 15 is 0 Å². The predicted molar refractivity (Wildman–Crippen MR) is 48.5 cm³/mol. The monoisotopic (exact) mass is 170 g/mol. The van der Waals surface area contributed by atoms with E-state index in [0.717, 1.165) is 31.2 Å². The lowest BCUT2D eigenvalue weighted by Gasteiger charge is -2.27. The number of nitrogens with zero attached hydrogens (tertiary/aromatic N) is 1. The van der Waals surface area contributed by atoms with Crippen molar-refractivity contribution in [1.82, 2.24) is 5.32 Å². The topological polar surface area (TPSA) is 35.8 Å². The third-order valence-corrected chi connectivity index (χ3v) is 3.42. The summed E-state index contributed by atoms with van der Waals surface area (Å²) in [6, 6.07) is 2.30. The molecule has 1 aliphatic rings. The highest BCUT2D eigenvalue weighted by molar-refractivity contribution is 8.00. The van der Waals surface area contributed by atoms with Crippen molar-refractivity contribution < 1.29 is 0 Å². The Labute approximate surface area is 72.4 Å². The summed E-state index contributed by atoms with van der Waals surface area (Å²) in [6.45, 7) is 4.36. The fourth-order valence-electron chi connectivity index (χ4n) is 0.965. The van der Waals surface area contributed by atoms with Crippen LogP contribution < -0.4 is 5.32 Å². The zero-order chi connectivity index (χ0) is 8.10. The standard InChI is InChI=1S/C8H14N2S/c1-2-8(3-9)11-6-7-4-10-5-7/h7-8,10H,2,4-6H2,1H3. The first-order valence-electron chi connectivity index (χ1n) is 4.08. The van der Waals surface area contributed by atoms with Crippen LogP contribution in [0.2, 0.25) is 0 Å². The number of thioether (sulfide) groups is 1. The number of hydrogen-bond acceptors (Lipinski definition) is 3. The molecule has 1 fully saturated rings. The predicted octanol–water partition coefficient (Wildman–Crippen LogP) is 1.24. The zero-order valence-corrected chi connectivity index (χ0v) is 7.66. The van der Waals surface area contributed by atoms with Crippen LogP contribution in [0.4, 0.5) is 0 Å². The van der Waals surface area contributed by atoms with Crippen LogP contribution in [0.3, 0.4) is 0 Å². The van der Waals surface area contributed by atoms with Gasteiger partial charge in [-0.05, 0) is 31.2 Å². The normalized spacial score (nSPS) is 20.4. The maximum absolute atomic E-state index is 8.64. The van der Waals surface area contributed by atoms with Gasteiger partial charge in [-0.15, -0.1) is 11.8 Å². The van der Waals surface area contributed by atoms with Gasteiger partial charge in [-0.2, -0.15) is 5.26 Å². The van der Waals surface area contributed by atoms with E-state index in [1.165, 1.54) is 0 Å². The highest BCUT2D eigenvalue weighted by atomic mass is 32.2. The van der Waals surface area contributed by atoms with Gasteiger partial charge >= 0.3 is 0 Å².